The van der Waals surface area contributed by atoms with Gasteiger partial charge >= 0.3 is 0 Å². The van der Waals surface area contributed by atoms with Gasteiger partial charge in [0.25, 0.3) is 11.8 Å². The molecule has 0 unspecified atom stereocenters. The first-order valence-electron chi connectivity index (χ1n) is 7.59. The number of halogens is 1. The number of thiophene rings is 1. The average Bonchev–Trinajstić information content (AvgIpc) is 3.11. The Balaban J connectivity index is 1.74. The van der Waals surface area contributed by atoms with E-state index in [1.807, 2.05) is 6.07 Å². The fraction of sp³-hybridized carbons (Fsp3) is 0.167. The molecule has 5 nitrogen and oxygen atoms in total. The minimum Gasteiger partial charge on any atom is -0.332 e. The Hall–Kier alpha value is -2.44. The SMILES string of the molecule is C=CCN(Cc1ccc(Cl)s1)C(=O)CN1C(=O)c2ccccc2C1=O. The molecule has 0 radical (unpaired) electrons. The summed E-state index contributed by atoms with van der Waals surface area (Å²) in [6, 6.07) is 10.2. The molecule has 7 heteroatoms. The molecule has 1 aliphatic heterocycles. The monoisotopic (exact) mass is 374 g/mol. The normalized spacial score (nSPS) is 13.1. The van der Waals surface area contributed by atoms with E-state index in [-0.39, 0.29) is 12.5 Å². The second kappa shape index (κ2) is 7.21. The van der Waals surface area contributed by atoms with Crippen molar-refractivity contribution in [2.45, 2.75) is 6.54 Å². The van der Waals surface area contributed by atoms with E-state index in [1.165, 1.54) is 11.3 Å². The highest BCUT2D eigenvalue weighted by Gasteiger charge is 2.36. The van der Waals surface area contributed by atoms with Crippen LogP contribution in [0.25, 0.3) is 0 Å². The molecule has 3 amide bonds. The summed E-state index contributed by atoms with van der Waals surface area (Å²) >= 11 is 7.31. The molecular formula is C18H15ClN2O3S. The van der Waals surface area contributed by atoms with Crippen molar-refractivity contribution in [3.8, 4) is 0 Å². The number of carbonyl (C=O) groups is 3. The van der Waals surface area contributed by atoms with Crippen LogP contribution < -0.4 is 0 Å². The Morgan fingerprint density at radius 3 is 2.32 bits per heavy atom. The number of amides is 3. The van der Waals surface area contributed by atoms with Gasteiger partial charge in [0.2, 0.25) is 5.91 Å². The molecule has 0 aliphatic carbocycles. The van der Waals surface area contributed by atoms with Crippen LogP contribution in [0, 0.1) is 0 Å². The lowest BCUT2D eigenvalue weighted by atomic mass is 10.1. The first-order valence-corrected chi connectivity index (χ1v) is 8.79. The zero-order valence-corrected chi connectivity index (χ0v) is 14.8. The summed E-state index contributed by atoms with van der Waals surface area (Å²) < 4.78 is 0.640. The number of imide groups is 1. The maximum atomic E-state index is 12.6. The molecule has 25 heavy (non-hydrogen) atoms. The first-order chi connectivity index (χ1) is 12.0. The van der Waals surface area contributed by atoms with E-state index in [0.717, 1.165) is 9.78 Å². The van der Waals surface area contributed by atoms with Crippen molar-refractivity contribution in [2.24, 2.45) is 0 Å². The predicted molar refractivity (Wildman–Crippen MR) is 96.8 cm³/mol. The Morgan fingerprint density at radius 2 is 1.80 bits per heavy atom. The van der Waals surface area contributed by atoms with E-state index in [0.29, 0.717) is 28.6 Å². The topological polar surface area (TPSA) is 57.7 Å². The molecule has 0 saturated carbocycles. The molecule has 0 bridgehead atoms. The standard InChI is InChI=1S/C18H15ClN2O3S/c1-2-9-20(10-12-7-8-15(19)25-12)16(22)11-21-17(23)13-5-3-4-6-14(13)18(21)24/h2-8H,1,9-11H2. The fourth-order valence-electron chi connectivity index (χ4n) is 2.65. The summed E-state index contributed by atoms with van der Waals surface area (Å²) in [6.07, 6.45) is 1.61. The Labute approximate surface area is 154 Å². The van der Waals surface area contributed by atoms with Gasteiger partial charge in [-0.25, -0.2) is 0 Å². The van der Waals surface area contributed by atoms with E-state index in [1.54, 1.807) is 41.3 Å². The van der Waals surface area contributed by atoms with Crippen molar-refractivity contribution in [3.63, 3.8) is 0 Å². The molecule has 2 heterocycles. The van der Waals surface area contributed by atoms with Crippen LogP contribution in [0.2, 0.25) is 4.34 Å². The minimum absolute atomic E-state index is 0.292. The molecule has 0 fully saturated rings. The Kier molecular flexibility index (Phi) is 5.01. The summed E-state index contributed by atoms with van der Waals surface area (Å²) in [4.78, 5) is 40.9. The van der Waals surface area contributed by atoms with Crippen LogP contribution in [0.5, 0.6) is 0 Å². The first kappa shape index (κ1) is 17.4. The molecule has 0 N–H and O–H groups in total. The Morgan fingerprint density at radius 1 is 1.16 bits per heavy atom. The second-order valence-electron chi connectivity index (χ2n) is 5.51. The quantitative estimate of drug-likeness (QED) is 0.576. The van der Waals surface area contributed by atoms with E-state index in [9.17, 15) is 14.4 Å². The zero-order valence-electron chi connectivity index (χ0n) is 13.3. The smallest absolute Gasteiger partial charge is 0.262 e. The van der Waals surface area contributed by atoms with Crippen molar-refractivity contribution >= 4 is 40.7 Å². The molecule has 1 aliphatic rings. The lowest BCUT2D eigenvalue weighted by Crippen LogP contribution is -2.42. The van der Waals surface area contributed by atoms with Gasteiger partial charge in [-0.2, -0.15) is 0 Å². The second-order valence-corrected chi connectivity index (χ2v) is 7.31. The van der Waals surface area contributed by atoms with Gasteiger partial charge in [0, 0.05) is 11.4 Å². The molecular weight excluding hydrogens is 360 g/mol. The lowest BCUT2D eigenvalue weighted by Gasteiger charge is -2.23. The predicted octanol–water partition coefficient (Wildman–Crippen LogP) is 3.21. The third-order valence-corrected chi connectivity index (χ3v) is 5.07. The van der Waals surface area contributed by atoms with Gasteiger partial charge in [-0.1, -0.05) is 29.8 Å². The molecule has 2 aromatic rings. The van der Waals surface area contributed by atoms with Gasteiger partial charge in [0.1, 0.15) is 6.54 Å². The number of hydrogen-bond acceptors (Lipinski definition) is 4. The molecule has 3 rings (SSSR count). The molecule has 0 saturated heterocycles. The van der Waals surface area contributed by atoms with Crippen LogP contribution in [0.15, 0.2) is 49.1 Å². The van der Waals surface area contributed by atoms with Crippen LogP contribution in [-0.4, -0.2) is 40.6 Å². The maximum Gasteiger partial charge on any atom is 0.262 e. The maximum absolute atomic E-state index is 12.6. The van der Waals surface area contributed by atoms with Gasteiger partial charge in [0.15, 0.2) is 0 Å². The van der Waals surface area contributed by atoms with Crippen LogP contribution in [0.4, 0.5) is 0 Å². The molecule has 0 atom stereocenters. The van der Waals surface area contributed by atoms with E-state index < -0.39 is 11.8 Å². The van der Waals surface area contributed by atoms with Crippen molar-refractivity contribution in [3.05, 3.63) is 69.4 Å². The Bertz CT molecular complexity index is 827. The van der Waals surface area contributed by atoms with E-state index in [2.05, 4.69) is 6.58 Å². The van der Waals surface area contributed by atoms with Gasteiger partial charge < -0.3 is 4.90 Å². The largest absolute Gasteiger partial charge is 0.332 e. The highest BCUT2D eigenvalue weighted by atomic mass is 35.5. The lowest BCUT2D eigenvalue weighted by molar-refractivity contribution is -0.131. The zero-order chi connectivity index (χ0) is 18.0. The average molecular weight is 375 g/mol. The van der Waals surface area contributed by atoms with Gasteiger partial charge in [0.05, 0.1) is 22.0 Å². The minimum atomic E-state index is -0.438. The van der Waals surface area contributed by atoms with Gasteiger partial charge in [-0.15, -0.1) is 17.9 Å². The molecule has 128 valence electrons. The van der Waals surface area contributed by atoms with Crippen molar-refractivity contribution in [1.29, 1.82) is 0 Å². The number of fused-ring (bicyclic) bond motifs is 1. The summed E-state index contributed by atoms with van der Waals surface area (Å²) in [6.45, 7) is 4.04. The number of nitrogens with zero attached hydrogens (tertiary/aromatic N) is 2. The van der Waals surface area contributed by atoms with Gasteiger partial charge in [-0.05, 0) is 24.3 Å². The molecule has 1 aromatic carbocycles. The number of carbonyl (C=O) groups excluding carboxylic acids is 3. The summed E-state index contributed by atoms with van der Waals surface area (Å²) in [5.74, 6) is -1.20. The van der Waals surface area contributed by atoms with E-state index in [4.69, 9.17) is 11.6 Å². The molecule has 0 spiro atoms. The van der Waals surface area contributed by atoms with Crippen molar-refractivity contribution in [1.82, 2.24) is 9.80 Å². The third-order valence-electron chi connectivity index (χ3n) is 3.85. The summed E-state index contributed by atoms with van der Waals surface area (Å²) in [5.41, 5.74) is 0.668. The summed E-state index contributed by atoms with van der Waals surface area (Å²) in [7, 11) is 0. The number of benzene rings is 1. The molecule has 1 aromatic heterocycles. The number of hydrogen-bond donors (Lipinski definition) is 0. The van der Waals surface area contributed by atoms with Crippen LogP contribution in [0.3, 0.4) is 0 Å². The fourth-order valence-corrected chi connectivity index (χ4v) is 3.76. The van der Waals surface area contributed by atoms with Crippen LogP contribution >= 0.6 is 22.9 Å². The van der Waals surface area contributed by atoms with Crippen LogP contribution in [-0.2, 0) is 11.3 Å². The van der Waals surface area contributed by atoms with E-state index >= 15 is 0 Å². The van der Waals surface area contributed by atoms with Crippen LogP contribution in [0.1, 0.15) is 25.6 Å². The summed E-state index contributed by atoms with van der Waals surface area (Å²) in [5, 5.41) is 0. The number of rotatable bonds is 6. The van der Waals surface area contributed by atoms with Crippen molar-refractivity contribution in [2.75, 3.05) is 13.1 Å². The highest BCUT2D eigenvalue weighted by molar-refractivity contribution is 7.16. The van der Waals surface area contributed by atoms with Gasteiger partial charge in [-0.3, -0.25) is 19.3 Å². The third kappa shape index (κ3) is 3.50. The van der Waals surface area contributed by atoms with Crippen molar-refractivity contribution < 1.29 is 14.4 Å². The highest BCUT2D eigenvalue weighted by Crippen LogP contribution is 2.24.